The molecule has 2 heterocycles. The molecule has 3 saturated carbocycles. The Labute approximate surface area is 197 Å². The number of carbonyl (C=O) groups is 1. The number of halogens is 3. The van der Waals surface area contributed by atoms with Crippen molar-refractivity contribution in [2.45, 2.75) is 48.8 Å². The van der Waals surface area contributed by atoms with Gasteiger partial charge in [0.05, 0.1) is 16.5 Å². The molecule has 1 aromatic heterocycles. The number of nitrogens with zero attached hydrogens (tertiary/aromatic N) is 2. The van der Waals surface area contributed by atoms with Crippen molar-refractivity contribution < 1.29 is 23.6 Å². The maximum absolute atomic E-state index is 13.8. The molecule has 1 aliphatic heterocycles. The van der Waals surface area contributed by atoms with Crippen LogP contribution in [0, 0.1) is 5.82 Å². The predicted octanol–water partition coefficient (Wildman–Crippen LogP) is 4.36. The molecule has 2 aromatic carbocycles. The van der Waals surface area contributed by atoms with Crippen LogP contribution in [-0.4, -0.2) is 32.8 Å². The lowest BCUT2D eigenvalue weighted by Crippen LogP contribution is -2.77. The average molecular weight is 490 g/mol. The summed E-state index contributed by atoms with van der Waals surface area (Å²) in [5, 5.41) is 18.0. The van der Waals surface area contributed by atoms with Gasteiger partial charge in [-0.1, -0.05) is 28.4 Å². The van der Waals surface area contributed by atoms with Crippen molar-refractivity contribution in [2.75, 3.05) is 0 Å². The van der Waals surface area contributed by atoms with Gasteiger partial charge in [-0.2, -0.15) is 4.98 Å². The molecule has 3 aliphatic carbocycles. The van der Waals surface area contributed by atoms with Crippen LogP contribution in [0.2, 0.25) is 10.0 Å². The van der Waals surface area contributed by atoms with Crippen LogP contribution < -0.4 is 10.1 Å². The normalized spacial score (nSPS) is 29.3. The second-order valence-electron chi connectivity index (χ2n) is 9.17. The van der Waals surface area contributed by atoms with Crippen LogP contribution in [-0.2, 0) is 10.2 Å². The number of rotatable bonds is 4. The Balaban J connectivity index is 1.11. The maximum atomic E-state index is 13.8. The van der Waals surface area contributed by atoms with Crippen LogP contribution in [0.15, 0.2) is 40.9 Å². The van der Waals surface area contributed by atoms with Crippen molar-refractivity contribution >= 4 is 29.1 Å². The topological polar surface area (TPSA) is 97.5 Å². The first-order valence-electron chi connectivity index (χ1n) is 10.5. The molecule has 3 aromatic rings. The van der Waals surface area contributed by atoms with E-state index in [0.717, 1.165) is 0 Å². The Morgan fingerprint density at radius 3 is 2.73 bits per heavy atom. The summed E-state index contributed by atoms with van der Waals surface area (Å²) in [6, 6.07) is 9.33. The molecule has 3 fully saturated rings. The fraction of sp³-hybridized carbons (Fsp3) is 0.348. The average Bonchev–Trinajstić information content (AvgIpc) is 3.21. The van der Waals surface area contributed by atoms with Gasteiger partial charge in [0.15, 0.2) is 6.10 Å². The van der Waals surface area contributed by atoms with E-state index in [4.69, 9.17) is 32.5 Å². The van der Waals surface area contributed by atoms with E-state index < -0.39 is 18.0 Å². The van der Waals surface area contributed by atoms with Gasteiger partial charge in [0.2, 0.25) is 11.7 Å². The van der Waals surface area contributed by atoms with Gasteiger partial charge in [0.25, 0.3) is 5.91 Å². The minimum absolute atomic E-state index is 0.0290. The van der Waals surface area contributed by atoms with Crippen LogP contribution in [0.25, 0.3) is 11.4 Å². The van der Waals surface area contributed by atoms with Gasteiger partial charge in [-0.15, -0.1) is 0 Å². The minimum atomic E-state index is -0.822. The van der Waals surface area contributed by atoms with E-state index >= 15 is 0 Å². The quantitative estimate of drug-likeness (QED) is 0.564. The van der Waals surface area contributed by atoms with E-state index in [0.29, 0.717) is 52.9 Å². The number of amides is 1. The Morgan fingerprint density at radius 1 is 1.18 bits per heavy atom. The van der Waals surface area contributed by atoms with Gasteiger partial charge in [0.1, 0.15) is 11.6 Å². The highest BCUT2D eigenvalue weighted by Crippen LogP contribution is 2.67. The lowest BCUT2D eigenvalue weighted by molar-refractivity contribution is -0.150. The SMILES string of the molecule is O=C(NC12CC(c3nc(-c4ccc(Cl)c(F)c4)no3)(C1)C2)[C@H]1C[C@@H](O)c2cc(Cl)ccc2O1. The van der Waals surface area contributed by atoms with Gasteiger partial charge in [0, 0.05) is 28.1 Å². The maximum Gasteiger partial charge on any atom is 0.261 e. The van der Waals surface area contributed by atoms with Crippen molar-refractivity contribution in [3.05, 3.63) is 63.7 Å². The zero-order valence-electron chi connectivity index (χ0n) is 17.1. The number of hydrogen-bond acceptors (Lipinski definition) is 6. The summed E-state index contributed by atoms with van der Waals surface area (Å²) in [7, 11) is 0. The number of aromatic nitrogens is 2. The number of benzene rings is 2. The zero-order chi connectivity index (χ0) is 23.0. The first kappa shape index (κ1) is 20.9. The summed E-state index contributed by atoms with van der Waals surface area (Å²) in [5.74, 6) is 0.439. The van der Waals surface area contributed by atoms with Crippen LogP contribution in [0.1, 0.15) is 43.2 Å². The first-order chi connectivity index (χ1) is 15.8. The van der Waals surface area contributed by atoms with Crippen molar-refractivity contribution in [1.82, 2.24) is 15.5 Å². The number of nitrogens with one attached hydrogen (secondary N) is 1. The molecular weight excluding hydrogens is 472 g/mol. The highest BCUT2D eigenvalue weighted by Gasteiger charge is 2.72. The predicted molar refractivity (Wildman–Crippen MR) is 117 cm³/mol. The van der Waals surface area contributed by atoms with E-state index in [1.165, 1.54) is 12.1 Å². The molecule has 4 aliphatic rings. The second kappa shape index (κ2) is 7.16. The number of aliphatic hydroxyl groups excluding tert-OH is 1. The number of carbonyl (C=O) groups excluding carboxylic acids is 1. The van der Waals surface area contributed by atoms with Crippen molar-refractivity contribution in [2.24, 2.45) is 0 Å². The molecule has 0 saturated heterocycles. The largest absolute Gasteiger partial charge is 0.480 e. The smallest absolute Gasteiger partial charge is 0.261 e. The molecule has 7 nitrogen and oxygen atoms in total. The lowest BCUT2D eigenvalue weighted by atomic mass is 9.39. The molecule has 2 atom stereocenters. The van der Waals surface area contributed by atoms with Crippen LogP contribution in [0.4, 0.5) is 4.39 Å². The van der Waals surface area contributed by atoms with Crippen LogP contribution >= 0.6 is 23.2 Å². The Kier molecular flexibility index (Phi) is 4.53. The summed E-state index contributed by atoms with van der Waals surface area (Å²) >= 11 is 11.7. The third kappa shape index (κ3) is 3.31. The lowest BCUT2D eigenvalue weighted by Gasteiger charge is -2.68. The molecule has 170 valence electrons. The van der Waals surface area contributed by atoms with Gasteiger partial charge < -0.3 is 19.7 Å². The zero-order valence-corrected chi connectivity index (χ0v) is 18.7. The molecule has 2 bridgehead atoms. The van der Waals surface area contributed by atoms with Gasteiger partial charge in [-0.3, -0.25) is 4.79 Å². The third-order valence-electron chi connectivity index (χ3n) is 6.81. The van der Waals surface area contributed by atoms with Gasteiger partial charge >= 0.3 is 0 Å². The molecular formula is C23H18Cl2FN3O4. The Hall–Kier alpha value is -2.68. The number of fused-ring (bicyclic) bond motifs is 1. The fourth-order valence-electron chi connectivity index (χ4n) is 5.26. The van der Waals surface area contributed by atoms with E-state index in [-0.39, 0.29) is 28.3 Å². The summed E-state index contributed by atoms with van der Waals surface area (Å²) in [5.41, 5.74) is 0.451. The molecule has 7 rings (SSSR count). The molecule has 2 N–H and O–H groups in total. The second-order valence-corrected chi connectivity index (χ2v) is 10.0. The minimum Gasteiger partial charge on any atom is -0.480 e. The number of hydrogen-bond donors (Lipinski definition) is 2. The molecule has 0 unspecified atom stereocenters. The molecule has 0 spiro atoms. The van der Waals surface area contributed by atoms with Crippen molar-refractivity contribution in [3.63, 3.8) is 0 Å². The Morgan fingerprint density at radius 2 is 1.97 bits per heavy atom. The van der Waals surface area contributed by atoms with E-state index in [1.54, 1.807) is 24.3 Å². The Bertz CT molecular complexity index is 1280. The standard InChI is InChI=1S/C23H18Cl2FN3O4/c24-12-2-4-17-13(6-12)16(30)7-18(32-17)20(31)28-23-8-22(9-23,10-23)21-27-19(29-33-21)11-1-3-14(25)15(26)5-11/h1-6,16,18,30H,7-10H2,(H,28,31)/t16-,18-,22?,23?/m1/s1. The summed E-state index contributed by atoms with van der Waals surface area (Å²) in [4.78, 5) is 17.3. The molecule has 33 heavy (non-hydrogen) atoms. The monoisotopic (exact) mass is 489 g/mol. The molecule has 10 heteroatoms. The summed E-state index contributed by atoms with van der Waals surface area (Å²) in [6.07, 6.45) is 0.563. The summed E-state index contributed by atoms with van der Waals surface area (Å²) in [6.45, 7) is 0. The highest BCUT2D eigenvalue weighted by atomic mass is 35.5. The van der Waals surface area contributed by atoms with E-state index in [1.807, 2.05) is 0 Å². The van der Waals surface area contributed by atoms with Crippen molar-refractivity contribution in [3.8, 4) is 17.1 Å². The third-order valence-corrected chi connectivity index (χ3v) is 7.35. The van der Waals surface area contributed by atoms with Crippen molar-refractivity contribution in [1.29, 1.82) is 0 Å². The van der Waals surface area contributed by atoms with E-state index in [2.05, 4.69) is 15.5 Å². The number of aliphatic hydroxyl groups is 1. The van der Waals surface area contributed by atoms with Crippen LogP contribution in [0.3, 0.4) is 0 Å². The van der Waals surface area contributed by atoms with E-state index in [9.17, 15) is 14.3 Å². The fourth-order valence-corrected chi connectivity index (χ4v) is 5.56. The molecule has 0 radical (unpaired) electrons. The number of ether oxygens (including phenoxy) is 1. The van der Waals surface area contributed by atoms with Gasteiger partial charge in [-0.05, 0) is 55.7 Å². The highest BCUT2D eigenvalue weighted by molar-refractivity contribution is 6.31. The first-order valence-corrected chi connectivity index (χ1v) is 11.3. The summed E-state index contributed by atoms with van der Waals surface area (Å²) < 4.78 is 25.0. The van der Waals surface area contributed by atoms with Gasteiger partial charge in [-0.25, -0.2) is 4.39 Å². The van der Waals surface area contributed by atoms with Crippen LogP contribution in [0.5, 0.6) is 5.75 Å². The molecule has 1 amide bonds.